The van der Waals surface area contributed by atoms with Crippen LogP contribution in [0, 0.1) is 0 Å². The van der Waals surface area contributed by atoms with E-state index in [-0.39, 0.29) is 5.78 Å². The fourth-order valence-electron chi connectivity index (χ4n) is 2.83. The van der Waals surface area contributed by atoms with Crippen LogP contribution < -0.4 is 5.32 Å². The predicted molar refractivity (Wildman–Crippen MR) is 49.4 cm³/mol. The lowest BCUT2D eigenvalue weighted by atomic mass is 9.84. The smallest absolute Gasteiger partial charge is 0.132 e. The summed E-state index contributed by atoms with van der Waals surface area (Å²) in [5.41, 5.74) is -0.705. The van der Waals surface area contributed by atoms with Gasteiger partial charge >= 0.3 is 0 Å². The van der Waals surface area contributed by atoms with Crippen molar-refractivity contribution in [2.45, 2.75) is 56.7 Å². The van der Waals surface area contributed by atoms with Crippen molar-refractivity contribution in [3.05, 3.63) is 0 Å². The SMILES string of the molecule is CC(=O)CC1(O)CC2CCC(C1)N2. The van der Waals surface area contributed by atoms with Gasteiger partial charge in [-0.1, -0.05) is 0 Å². The molecule has 74 valence electrons. The molecular weight excluding hydrogens is 166 g/mol. The van der Waals surface area contributed by atoms with Gasteiger partial charge in [-0.3, -0.25) is 4.79 Å². The number of nitrogens with one attached hydrogen (secondary N) is 1. The largest absolute Gasteiger partial charge is 0.389 e. The van der Waals surface area contributed by atoms with E-state index in [4.69, 9.17) is 0 Å². The Kier molecular flexibility index (Phi) is 2.16. The summed E-state index contributed by atoms with van der Waals surface area (Å²) in [5.74, 6) is 0.101. The van der Waals surface area contributed by atoms with E-state index in [0.29, 0.717) is 18.5 Å². The first kappa shape index (κ1) is 9.16. The highest BCUT2D eigenvalue weighted by Crippen LogP contribution is 2.35. The molecule has 3 nitrogen and oxygen atoms in total. The Balaban J connectivity index is 2.03. The molecule has 2 unspecified atom stereocenters. The van der Waals surface area contributed by atoms with Crippen molar-refractivity contribution < 1.29 is 9.90 Å². The monoisotopic (exact) mass is 183 g/mol. The number of Topliss-reactive ketones (excluding diaryl/α,β-unsaturated/α-hetero) is 1. The van der Waals surface area contributed by atoms with E-state index in [1.165, 1.54) is 0 Å². The molecule has 2 atom stereocenters. The summed E-state index contributed by atoms with van der Waals surface area (Å²) in [6, 6.07) is 0.895. The minimum absolute atomic E-state index is 0.101. The molecule has 0 amide bonds. The van der Waals surface area contributed by atoms with E-state index >= 15 is 0 Å². The zero-order valence-corrected chi connectivity index (χ0v) is 8.05. The molecule has 2 aliphatic rings. The zero-order chi connectivity index (χ0) is 9.47. The van der Waals surface area contributed by atoms with Crippen molar-refractivity contribution in [1.29, 1.82) is 0 Å². The van der Waals surface area contributed by atoms with Crippen LogP contribution in [0.1, 0.15) is 39.0 Å². The Bertz CT molecular complexity index is 215. The second-order valence-electron chi connectivity index (χ2n) is 4.65. The minimum atomic E-state index is -0.705. The molecule has 2 fully saturated rings. The zero-order valence-electron chi connectivity index (χ0n) is 8.05. The molecule has 0 aromatic rings. The summed E-state index contributed by atoms with van der Waals surface area (Å²) in [6.45, 7) is 1.56. The van der Waals surface area contributed by atoms with E-state index in [9.17, 15) is 9.90 Å². The molecule has 2 heterocycles. The van der Waals surface area contributed by atoms with E-state index in [1.54, 1.807) is 6.92 Å². The average molecular weight is 183 g/mol. The maximum Gasteiger partial charge on any atom is 0.132 e. The fourth-order valence-corrected chi connectivity index (χ4v) is 2.83. The van der Waals surface area contributed by atoms with Crippen LogP contribution in [0.25, 0.3) is 0 Å². The van der Waals surface area contributed by atoms with Crippen molar-refractivity contribution in [2.75, 3.05) is 0 Å². The van der Waals surface area contributed by atoms with E-state index in [0.717, 1.165) is 25.7 Å². The van der Waals surface area contributed by atoms with Gasteiger partial charge in [0.05, 0.1) is 5.60 Å². The first-order valence-corrected chi connectivity index (χ1v) is 5.05. The topological polar surface area (TPSA) is 49.3 Å². The molecule has 2 N–H and O–H groups in total. The number of aliphatic hydroxyl groups is 1. The molecule has 0 aromatic heterocycles. The molecule has 3 heteroatoms. The highest BCUT2D eigenvalue weighted by Gasteiger charge is 2.42. The first-order chi connectivity index (χ1) is 6.07. The number of carbonyl (C=O) groups is 1. The van der Waals surface area contributed by atoms with Crippen LogP contribution in [0.15, 0.2) is 0 Å². The van der Waals surface area contributed by atoms with Crippen LogP contribution in [0.4, 0.5) is 0 Å². The molecular formula is C10H17NO2. The van der Waals surface area contributed by atoms with Gasteiger partial charge < -0.3 is 10.4 Å². The number of ketones is 1. The summed E-state index contributed by atoms with van der Waals surface area (Å²) >= 11 is 0. The van der Waals surface area contributed by atoms with Gasteiger partial charge in [-0.2, -0.15) is 0 Å². The molecule has 0 aromatic carbocycles. The van der Waals surface area contributed by atoms with E-state index in [1.807, 2.05) is 0 Å². The highest BCUT2D eigenvalue weighted by molar-refractivity contribution is 5.76. The summed E-state index contributed by atoms with van der Waals surface area (Å²) in [6.07, 6.45) is 4.16. The van der Waals surface area contributed by atoms with Crippen LogP contribution in [0.2, 0.25) is 0 Å². The first-order valence-electron chi connectivity index (χ1n) is 5.05. The van der Waals surface area contributed by atoms with Crippen LogP contribution in [-0.2, 0) is 4.79 Å². The molecule has 13 heavy (non-hydrogen) atoms. The third kappa shape index (κ3) is 1.92. The summed E-state index contributed by atoms with van der Waals surface area (Å²) in [4.78, 5) is 11.0. The maximum absolute atomic E-state index is 11.0. The summed E-state index contributed by atoms with van der Waals surface area (Å²) < 4.78 is 0. The van der Waals surface area contributed by atoms with Gasteiger partial charge in [-0.25, -0.2) is 0 Å². The normalized spacial score (nSPS) is 43.5. The van der Waals surface area contributed by atoms with E-state index < -0.39 is 5.60 Å². The van der Waals surface area contributed by atoms with Gasteiger partial charge in [0.1, 0.15) is 5.78 Å². The third-order valence-electron chi connectivity index (χ3n) is 3.17. The second kappa shape index (κ2) is 3.07. The lowest BCUT2D eigenvalue weighted by molar-refractivity contribution is -0.123. The number of carbonyl (C=O) groups excluding carboxylic acids is 1. The van der Waals surface area contributed by atoms with Crippen LogP contribution in [-0.4, -0.2) is 28.6 Å². The second-order valence-corrected chi connectivity index (χ2v) is 4.65. The Hall–Kier alpha value is -0.410. The molecule has 2 saturated heterocycles. The lowest BCUT2D eigenvalue weighted by Gasteiger charge is -2.36. The van der Waals surface area contributed by atoms with Crippen LogP contribution in [0.5, 0.6) is 0 Å². The van der Waals surface area contributed by atoms with Gasteiger partial charge in [0.25, 0.3) is 0 Å². The average Bonchev–Trinajstić information content (AvgIpc) is 2.27. The van der Waals surface area contributed by atoms with Gasteiger partial charge in [-0.15, -0.1) is 0 Å². The van der Waals surface area contributed by atoms with Crippen molar-refractivity contribution in [1.82, 2.24) is 5.32 Å². The van der Waals surface area contributed by atoms with Crippen molar-refractivity contribution in [3.63, 3.8) is 0 Å². The number of rotatable bonds is 2. The van der Waals surface area contributed by atoms with E-state index in [2.05, 4.69) is 5.32 Å². The minimum Gasteiger partial charge on any atom is -0.389 e. The lowest BCUT2D eigenvalue weighted by Crippen LogP contribution is -2.49. The standard InChI is InChI=1S/C10H17NO2/c1-7(12)4-10(13)5-8-2-3-9(6-10)11-8/h8-9,11,13H,2-6H2,1H3. The molecule has 0 spiro atoms. The van der Waals surface area contributed by atoms with Gasteiger partial charge in [-0.05, 0) is 32.6 Å². The number of fused-ring (bicyclic) bond motifs is 2. The maximum atomic E-state index is 11.0. The number of hydrogen-bond acceptors (Lipinski definition) is 3. The van der Waals surface area contributed by atoms with Crippen molar-refractivity contribution in [2.24, 2.45) is 0 Å². The molecule has 0 aliphatic carbocycles. The van der Waals surface area contributed by atoms with Crippen molar-refractivity contribution >= 4 is 5.78 Å². The van der Waals surface area contributed by atoms with Crippen molar-refractivity contribution in [3.8, 4) is 0 Å². The molecule has 2 aliphatic heterocycles. The third-order valence-corrected chi connectivity index (χ3v) is 3.17. The molecule has 0 radical (unpaired) electrons. The Morgan fingerprint density at radius 3 is 2.46 bits per heavy atom. The number of hydrogen-bond donors (Lipinski definition) is 2. The van der Waals surface area contributed by atoms with Gasteiger partial charge in [0.15, 0.2) is 0 Å². The van der Waals surface area contributed by atoms with Crippen LogP contribution >= 0.6 is 0 Å². The quantitative estimate of drug-likeness (QED) is 0.659. The molecule has 2 bridgehead atoms. The fraction of sp³-hybridized carbons (Fsp3) is 0.900. The van der Waals surface area contributed by atoms with Gasteiger partial charge in [0, 0.05) is 18.5 Å². The van der Waals surface area contributed by atoms with Gasteiger partial charge in [0.2, 0.25) is 0 Å². The summed E-state index contributed by atoms with van der Waals surface area (Å²) in [5, 5.41) is 13.6. The number of piperidine rings is 1. The highest BCUT2D eigenvalue weighted by atomic mass is 16.3. The molecule has 2 rings (SSSR count). The predicted octanol–water partition coefficient (Wildman–Crippen LogP) is 0.611. The Morgan fingerprint density at radius 1 is 1.46 bits per heavy atom. The Labute approximate surface area is 78.5 Å². The Morgan fingerprint density at radius 2 is 2.00 bits per heavy atom. The summed E-state index contributed by atoms with van der Waals surface area (Å²) in [7, 11) is 0. The molecule has 0 saturated carbocycles. The van der Waals surface area contributed by atoms with Crippen LogP contribution in [0.3, 0.4) is 0 Å².